The van der Waals surface area contributed by atoms with Crippen molar-refractivity contribution in [1.82, 2.24) is 4.90 Å². The lowest BCUT2D eigenvalue weighted by molar-refractivity contribution is -0.156. The highest BCUT2D eigenvalue weighted by atomic mass is 32.2. The first kappa shape index (κ1) is 19.1. The van der Waals surface area contributed by atoms with E-state index in [0.29, 0.717) is 4.91 Å². The highest BCUT2D eigenvalue weighted by molar-refractivity contribution is 8.18. The minimum atomic E-state index is -0.664. The van der Waals surface area contributed by atoms with Crippen LogP contribution in [0.4, 0.5) is 10.5 Å². The van der Waals surface area contributed by atoms with Gasteiger partial charge in [0.25, 0.3) is 11.1 Å². The Bertz CT molecular complexity index is 718. The van der Waals surface area contributed by atoms with Gasteiger partial charge in [0, 0.05) is 19.8 Å². The van der Waals surface area contributed by atoms with Crippen LogP contribution in [0.3, 0.4) is 0 Å². The molecule has 1 aromatic rings. The van der Waals surface area contributed by atoms with E-state index in [1.807, 2.05) is 43.3 Å². The highest BCUT2D eigenvalue weighted by Gasteiger charge is 2.37. The molecule has 2 amide bonds. The Morgan fingerprint density at radius 1 is 1.20 bits per heavy atom. The summed E-state index contributed by atoms with van der Waals surface area (Å²) in [5, 5.41) is -0.466. The lowest BCUT2D eigenvalue weighted by Crippen LogP contribution is -2.37. The van der Waals surface area contributed by atoms with E-state index in [9.17, 15) is 14.4 Å². The third-order valence-electron chi connectivity index (χ3n) is 3.29. The molecule has 0 aromatic heterocycles. The quantitative estimate of drug-likeness (QED) is 0.606. The number of nitrogens with zero attached hydrogens (tertiary/aromatic N) is 2. The Labute approximate surface area is 151 Å². The first-order chi connectivity index (χ1) is 11.6. The second-order valence-electron chi connectivity index (χ2n) is 6.84. The average Bonchev–Trinajstić information content (AvgIpc) is 2.73. The zero-order valence-corrected chi connectivity index (χ0v) is 15.8. The van der Waals surface area contributed by atoms with Gasteiger partial charge >= 0.3 is 5.97 Å². The first-order valence-corrected chi connectivity index (χ1v) is 8.63. The molecule has 7 heteroatoms. The summed E-state index contributed by atoms with van der Waals surface area (Å²) in [7, 11) is 3.88. The van der Waals surface area contributed by atoms with Crippen molar-refractivity contribution in [3.63, 3.8) is 0 Å². The van der Waals surface area contributed by atoms with Gasteiger partial charge in [0.15, 0.2) is 0 Å². The van der Waals surface area contributed by atoms with Gasteiger partial charge in [-0.3, -0.25) is 19.3 Å². The van der Waals surface area contributed by atoms with E-state index < -0.39 is 22.7 Å². The molecule has 0 radical (unpaired) electrons. The third-order valence-corrected chi connectivity index (χ3v) is 4.20. The van der Waals surface area contributed by atoms with Crippen LogP contribution in [0.1, 0.15) is 26.3 Å². The average molecular weight is 362 g/mol. The standard InChI is InChI=1S/C18H22N2O4S/c1-18(2,3)24-15(21)11-20-16(22)14(25-17(20)23)10-12-6-8-13(9-7-12)19(4)5/h6-10H,11H2,1-5H3/b14-10+. The molecule has 1 aromatic carbocycles. The van der Waals surface area contributed by atoms with Crippen molar-refractivity contribution in [2.75, 3.05) is 25.5 Å². The number of rotatable bonds is 4. The molecule has 0 N–H and O–H groups in total. The predicted octanol–water partition coefficient (Wildman–Crippen LogP) is 3.13. The fourth-order valence-electron chi connectivity index (χ4n) is 2.16. The Morgan fingerprint density at radius 3 is 2.32 bits per heavy atom. The Balaban J connectivity index is 2.10. The van der Waals surface area contributed by atoms with Crippen LogP contribution in [0.5, 0.6) is 0 Å². The minimum Gasteiger partial charge on any atom is -0.459 e. The first-order valence-electron chi connectivity index (χ1n) is 7.81. The smallest absolute Gasteiger partial charge is 0.326 e. The molecule has 0 saturated carbocycles. The monoisotopic (exact) mass is 362 g/mol. The van der Waals surface area contributed by atoms with Crippen molar-refractivity contribution in [1.29, 1.82) is 0 Å². The van der Waals surface area contributed by atoms with Gasteiger partial charge in [-0.25, -0.2) is 0 Å². The topological polar surface area (TPSA) is 66.9 Å². The van der Waals surface area contributed by atoms with Crippen molar-refractivity contribution in [3.05, 3.63) is 34.7 Å². The van der Waals surface area contributed by atoms with E-state index in [1.165, 1.54) is 0 Å². The van der Waals surface area contributed by atoms with Crippen LogP contribution in [-0.4, -0.2) is 48.3 Å². The number of hydrogen-bond acceptors (Lipinski definition) is 6. The van der Waals surface area contributed by atoms with E-state index in [2.05, 4.69) is 0 Å². The SMILES string of the molecule is CN(C)c1ccc(/C=C2/SC(=O)N(CC(=O)OC(C)(C)C)C2=O)cc1. The van der Waals surface area contributed by atoms with Crippen molar-refractivity contribution in [2.24, 2.45) is 0 Å². The van der Waals surface area contributed by atoms with Gasteiger partial charge in [-0.1, -0.05) is 12.1 Å². The van der Waals surface area contributed by atoms with Crippen molar-refractivity contribution in [2.45, 2.75) is 26.4 Å². The van der Waals surface area contributed by atoms with Gasteiger partial charge < -0.3 is 9.64 Å². The van der Waals surface area contributed by atoms with E-state index in [1.54, 1.807) is 26.8 Å². The van der Waals surface area contributed by atoms with Gasteiger partial charge in [-0.05, 0) is 56.3 Å². The van der Waals surface area contributed by atoms with Gasteiger partial charge in [-0.2, -0.15) is 0 Å². The maximum absolute atomic E-state index is 12.4. The zero-order valence-electron chi connectivity index (χ0n) is 15.0. The lowest BCUT2D eigenvalue weighted by Gasteiger charge is -2.21. The maximum atomic E-state index is 12.4. The Hall–Kier alpha value is -2.28. The summed E-state index contributed by atoms with van der Waals surface area (Å²) >= 11 is 0.827. The minimum absolute atomic E-state index is 0.297. The summed E-state index contributed by atoms with van der Waals surface area (Å²) in [5.41, 5.74) is 1.19. The number of anilines is 1. The van der Waals surface area contributed by atoms with Crippen LogP contribution in [-0.2, 0) is 14.3 Å². The molecule has 1 heterocycles. The number of esters is 1. The highest BCUT2D eigenvalue weighted by Crippen LogP contribution is 2.32. The summed E-state index contributed by atoms with van der Waals surface area (Å²) in [4.78, 5) is 39.5. The van der Waals surface area contributed by atoms with Gasteiger partial charge in [-0.15, -0.1) is 0 Å². The molecule has 25 heavy (non-hydrogen) atoms. The number of benzene rings is 1. The summed E-state index contributed by atoms with van der Waals surface area (Å²) in [6, 6.07) is 7.60. The fraction of sp³-hybridized carbons (Fsp3) is 0.389. The molecular weight excluding hydrogens is 340 g/mol. The Morgan fingerprint density at radius 2 is 1.80 bits per heavy atom. The molecule has 1 fully saturated rings. The molecule has 6 nitrogen and oxygen atoms in total. The number of carbonyl (C=O) groups is 3. The number of imide groups is 1. The van der Waals surface area contributed by atoms with Crippen LogP contribution >= 0.6 is 11.8 Å². The third kappa shape index (κ3) is 5.09. The molecule has 0 bridgehead atoms. The van der Waals surface area contributed by atoms with E-state index in [-0.39, 0.29) is 6.54 Å². The fourth-order valence-corrected chi connectivity index (χ4v) is 3.00. The summed E-state index contributed by atoms with van der Waals surface area (Å²) in [5.74, 6) is -1.08. The number of thioether (sulfide) groups is 1. The van der Waals surface area contributed by atoms with Gasteiger partial charge in [0.05, 0.1) is 4.91 Å². The van der Waals surface area contributed by atoms with Crippen molar-refractivity contribution in [3.8, 4) is 0 Å². The number of amides is 2. The van der Waals surface area contributed by atoms with E-state index >= 15 is 0 Å². The summed E-state index contributed by atoms with van der Waals surface area (Å²) in [6.45, 7) is 4.82. The molecule has 0 atom stereocenters. The van der Waals surface area contributed by atoms with E-state index in [0.717, 1.165) is 27.9 Å². The van der Waals surface area contributed by atoms with Crippen molar-refractivity contribution >= 4 is 40.6 Å². The Kier molecular flexibility index (Phi) is 5.57. The largest absolute Gasteiger partial charge is 0.459 e. The molecule has 1 aliphatic rings. The number of ether oxygens (including phenoxy) is 1. The maximum Gasteiger partial charge on any atom is 0.326 e. The van der Waals surface area contributed by atoms with Crippen LogP contribution in [0.2, 0.25) is 0 Å². The van der Waals surface area contributed by atoms with Gasteiger partial charge in [0.1, 0.15) is 12.1 Å². The second kappa shape index (κ2) is 7.31. The number of carbonyl (C=O) groups excluding carboxylic acids is 3. The molecule has 0 spiro atoms. The van der Waals surface area contributed by atoms with Crippen molar-refractivity contribution < 1.29 is 19.1 Å². The summed E-state index contributed by atoms with van der Waals surface area (Å²) in [6.07, 6.45) is 1.65. The van der Waals surface area contributed by atoms with Crippen LogP contribution in [0.25, 0.3) is 6.08 Å². The zero-order chi connectivity index (χ0) is 18.8. The van der Waals surface area contributed by atoms with Crippen LogP contribution in [0.15, 0.2) is 29.2 Å². The predicted molar refractivity (Wildman–Crippen MR) is 99.3 cm³/mol. The van der Waals surface area contributed by atoms with Crippen LogP contribution < -0.4 is 4.90 Å². The molecule has 0 aliphatic carbocycles. The normalized spacial score (nSPS) is 16.5. The molecular formula is C18H22N2O4S. The molecule has 0 unspecified atom stereocenters. The van der Waals surface area contributed by atoms with Gasteiger partial charge in [0.2, 0.25) is 0 Å². The van der Waals surface area contributed by atoms with E-state index in [4.69, 9.17) is 4.74 Å². The number of hydrogen-bond donors (Lipinski definition) is 0. The lowest BCUT2D eigenvalue weighted by atomic mass is 10.2. The van der Waals surface area contributed by atoms with Crippen LogP contribution in [0, 0.1) is 0 Å². The molecule has 134 valence electrons. The second-order valence-corrected chi connectivity index (χ2v) is 7.83. The summed E-state index contributed by atoms with van der Waals surface area (Å²) < 4.78 is 5.17. The molecule has 1 aliphatic heterocycles. The molecule has 2 rings (SSSR count). The molecule has 1 saturated heterocycles.